The van der Waals surface area contributed by atoms with Crippen LogP contribution in [0.3, 0.4) is 0 Å². The highest BCUT2D eigenvalue weighted by molar-refractivity contribution is 5.68. The Morgan fingerprint density at radius 2 is 2.00 bits per heavy atom. The average Bonchev–Trinajstić information content (AvgIpc) is 2.46. The van der Waals surface area contributed by atoms with Crippen molar-refractivity contribution in [2.45, 2.75) is 6.18 Å². The number of halogens is 3. The summed E-state index contributed by atoms with van der Waals surface area (Å²) in [6.07, 6.45) is -3.22. The molecule has 0 fully saturated rings. The number of rotatable bonds is 0. The molecule has 14 heavy (non-hydrogen) atoms. The molecule has 0 saturated heterocycles. The third-order valence-electron chi connectivity index (χ3n) is 1.86. The fraction of sp³-hybridized carbons (Fsp3) is 0.125. The minimum absolute atomic E-state index is 0.233. The highest BCUT2D eigenvalue weighted by Gasteiger charge is 2.33. The van der Waals surface area contributed by atoms with Crippen LogP contribution >= 0.6 is 0 Å². The van der Waals surface area contributed by atoms with Crippen molar-refractivity contribution < 1.29 is 13.2 Å². The van der Waals surface area contributed by atoms with E-state index in [9.17, 15) is 13.2 Å². The van der Waals surface area contributed by atoms with Crippen molar-refractivity contribution in [3.05, 3.63) is 30.1 Å². The van der Waals surface area contributed by atoms with Crippen LogP contribution in [0.15, 0.2) is 24.4 Å². The molecule has 0 spiro atoms. The van der Waals surface area contributed by atoms with E-state index in [1.807, 2.05) is 0 Å². The second-order valence-corrected chi connectivity index (χ2v) is 2.81. The molecule has 0 radical (unpaired) electrons. The summed E-state index contributed by atoms with van der Waals surface area (Å²) in [7, 11) is 0. The second kappa shape index (κ2) is 2.63. The smallest absolute Gasteiger partial charge is 0.396 e. The largest absolute Gasteiger partial charge is 0.433 e. The topological polar surface area (TPSA) is 43.3 Å². The van der Waals surface area contributed by atoms with E-state index in [4.69, 9.17) is 5.73 Å². The van der Waals surface area contributed by atoms with Crippen molar-refractivity contribution in [2.24, 2.45) is 0 Å². The van der Waals surface area contributed by atoms with Gasteiger partial charge in [0.15, 0.2) is 0 Å². The number of alkyl halides is 3. The van der Waals surface area contributed by atoms with Crippen LogP contribution in [-0.2, 0) is 6.18 Å². The number of nitrogens with zero attached hydrogens (tertiary/aromatic N) is 2. The summed E-state index contributed by atoms with van der Waals surface area (Å²) in [5.41, 5.74) is 5.11. The third kappa shape index (κ3) is 1.19. The van der Waals surface area contributed by atoms with Crippen LogP contribution in [0.1, 0.15) is 5.69 Å². The van der Waals surface area contributed by atoms with Gasteiger partial charge in [-0.05, 0) is 12.1 Å². The summed E-state index contributed by atoms with van der Waals surface area (Å²) in [5.74, 6) is 0. The lowest BCUT2D eigenvalue weighted by atomic mass is 10.3. The van der Waals surface area contributed by atoms with Gasteiger partial charge in [-0.3, -0.25) is 0 Å². The number of nitrogen functional groups attached to an aromatic ring is 1. The predicted molar refractivity (Wildman–Crippen MR) is 44.6 cm³/mol. The van der Waals surface area contributed by atoms with Gasteiger partial charge in [-0.2, -0.15) is 18.3 Å². The fourth-order valence-electron chi connectivity index (χ4n) is 1.24. The first-order valence-electron chi connectivity index (χ1n) is 3.79. The van der Waals surface area contributed by atoms with Gasteiger partial charge in [-0.15, -0.1) is 0 Å². The van der Waals surface area contributed by atoms with Crippen molar-refractivity contribution in [2.75, 3.05) is 5.73 Å². The molecule has 0 aliphatic rings. The molecule has 0 aliphatic heterocycles. The van der Waals surface area contributed by atoms with Crippen molar-refractivity contribution in [1.29, 1.82) is 0 Å². The van der Waals surface area contributed by atoms with E-state index in [0.29, 0.717) is 0 Å². The average molecular weight is 201 g/mol. The molecule has 2 heterocycles. The maximum Gasteiger partial charge on any atom is 0.433 e. The van der Waals surface area contributed by atoms with Crippen molar-refractivity contribution in [1.82, 2.24) is 9.61 Å². The molecule has 74 valence electrons. The molecule has 2 N–H and O–H groups in total. The Kier molecular flexibility index (Phi) is 1.67. The van der Waals surface area contributed by atoms with E-state index in [1.165, 1.54) is 18.3 Å². The van der Waals surface area contributed by atoms with E-state index < -0.39 is 11.9 Å². The molecule has 2 aromatic rings. The van der Waals surface area contributed by atoms with Gasteiger partial charge in [0, 0.05) is 0 Å². The quantitative estimate of drug-likeness (QED) is 0.707. The maximum absolute atomic E-state index is 12.4. The monoisotopic (exact) mass is 201 g/mol. The lowest BCUT2D eigenvalue weighted by Crippen LogP contribution is -2.11. The van der Waals surface area contributed by atoms with Crippen LogP contribution in [0.5, 0.6) is 0 Å². The molecular formula is C8H6F3N3. The molecule has 0 atom stereocenters. The molecule has 0 bridgehead atoms. The van der Waals surface area contributed by atoms with E-state index in [1.54, 1.807) is 0 Å². The molecule has 0 unspecified atom stereocenters. The highest BCUT2D eigenvalue weighted by Crippen LogP contribution is 2.30. The van der Waals surface area contributed by atoms with Crippen LogP contribution in [0.25, 0.3) is 5.52 Å². The lowest BCUT2D eigenvalue weighted by Gasteiger charge is -2.07. The first-order valence-corrected chi connectivity index (χ1v) is 3.79. The Hall–Kier alpha value is -1.72. The van der Waals surface area contributed by atoms with E-state index in [0.717, 1.165) is 10.6 Å². The molecule has 0 aliphatic carbocycles. The number of pyridine rings is 1. The highest BCUT2D eigenvalue weighted by atomic mass is 19.4. The summed E-state index contributed by atoms with van der Waals surface area (Å²) in [6.45, 7) is 0. The second-order valence-electron chi connectivity index (χ2n) is 2.81. The number of aromatic nitrogens is 2. The fourth-order valence-corrected chi connectivity index (χ4v) is 1.24. The van der Waals surface area contributed by atoms with E-state index >= 15 is 0 Å². The Labute approximate surface area is 76.9 Å². The normalized spacial score (nSPS) is 12.2. The van der Waals surface area contributed by atoms with Crippen molar-refractivity contribution >= 4 is 11.2 Å². The standard InChI is InChI=1S/C8H6F3N3/c9-8(10,11)7-3-1-2-6-5(12)4-13-14(6)7/h1-4H,12H2. The number of nitrogens with two attached hydrogens (primary N) is 1. The van der Waals surface area contributed by atoms with Crippen molar-refractivity contribution in [3.8, 4) is 0 Å². The summed E-state index contributed by atoms with van der Waals surface area (Å²) in [4.78, 5) is 0. The van der Waals surface area contributed by atoms with Crippen molar-refractivity contribution in [3.63, 3.8) is 0 Å². The molecule has 2 rings (SSSR count). The van der Waals surface area contributed by atoms with Gasteiger partial charge in [0.2, 0.25) is 0 Å². The summed E-state index contributed by atoms with van der Waals surface area (Å²) >= 11 is 0. The number of hydrogen-bond donors (Lipinski definition) is 1. The maximum atomic E-state index is 12.4. The molecule has 2 aromatic heterocycles. The zero-order valence-corrected chi connectivity index (χ0v) is 6.92. The Bertz CT molecular complexity index is 472. The molecule has 0 saturated carbocycles. The van der Waals surface area contributed by atoms with Gasteiger partial charge in [-0.25, -0.2) is 4.52 Å². The van der Waals surface area contributed by atoms with Gasteiger partial charge >= 0.3 is 6.18 Å². The first-order chi connectivity index (χ1) is 6.50. The molecule has 0 aromatic carbocycles. The SMILES string of the molecule is Nc1cnn2c(C(F)(F)F)cccc12. The van der Waals surface area contributed by atoms with Gasteiger partial charge in [-0.1, -0.05) is 6.07 Å². The van der Waals surface area contributed by atoms with Crippen LogP contribution in [0.4, 0.5) is 18.9 Å². The molecule has 6 heteroatoms. The predicted octanol–water partition coefficient (Wildman–Crippen LogP) is 1.94. The minimum atomic E-state index is -4.42. The molecular weight excluding hydrogens is 195 g/mol. The third-order valence-corrected chi connectivity index (χ3v) is 1.86. The van der Waals surface area contributed by atoms with Gasteiger partial charge in [0.05, 0.1) is 17.4 Å². The molecule has 3 nitrogen and oxygen atoms in total. The number of hydrogen-bond acceptors (Lipinski definition) is 2. The molecule has 0 amide bonds. The zero-order valence-electron chi connectivity index (χ0n) is 6.92. The van der Waals surface area contributed by atoms with Gasteiger partial charge in [0.1, 0.15) is 5.69 Å². The number of anilines is 1. The first kappa shape index (κ1) is 8.86. The van der Waals surface area contributed by atoms with Gasteiger partial charge in [0.25, 0.3) is 0 Å². The summed E-state index contributed by atoms with van der Waals surface area (Å²) < 4.78 is 38.1. The summed E-state index contributed by atoms with van der Waals surface area (Å²) in [5, 5.41) is 3.56. The van der Waals surface area contributed by atoms with Crippen LogP contribution in [-0.4, -0.2) is 9.61 Å². The lowest BCUT2D eigenvalue weighted by molar-refractivity contribution is -0.142. The summed E-state index contributed by atoms with van der Waals surface area (Å²) in [6, 6.07) is 3.74. The van der Waals surface area contributed by atoms with E-state index in [-0.39, 0.29) is 11.2 Å². The van der Waals surface area contributed by atoms with Crippen LogP contribution in [0.2, 0.25) is 0 Å². The van der Waals surface area contributed by atoms with Crippen LogP contribution < -0.4 is 5.73 Å². The Morgan fingerprint density at radius 3 is 2.64 bits per heavy atom. The van der Waals surface area contributed by atoms with Crippen LogP contribution in [0, 0.1) is 0 Å². The van der Waals surface area contributed by atoms with E-state index in [2.05, 4.69) is 5.10 Å². The van der Waals surface area contributed by atoms with Gasteiger partial charge < -0.3 is 5.73 Å². The Balaban J connectivity index is 2.79. The minimum Gasteiger partial charge on any atom is -0.396 e. The zero-order chi connectivity index (χ0) is 10.3. The number of fused-ring (bicyclic) bond motifs is 1. The Morgan fingerprint density at radius 1 is 1.29 bits per heavy atom.